The van der Waals surface area contributed by atoms with Crippen LogP contribution in [0.5, 0.6) is 0 Å². The van der Waals surface area contributed by atoms with E-state index in [1.807, 2.05) is 26.8 Å². The number of hydrogen-bond acceptors (Lipinski definition) is 2. The normalized spacial score (nSPS) is 12.3. The van der Waals surface area contributed by atoms with E-state index in [1.165, 1.54) is 0 Å². The Hall–Kier alpha value is -1.36. The Morgan fingerprint density at radius 2 is 1.95 bits per heavy atom. The number of carboxylic acid groups (broad SMARTS) is 1. The zero-order valence-corrected chi connectivity index (χ0v) is 12.8. The van der Waals surface area contributed by atoms with Crippen molar-refractivity contribution in [2.24, 2.45) is 5.92 Å². The number of carbonyl (C=O) groups is 2. The minimum Gasteiger partial charge on any atom is -0.480 e. The van der Waals surface area contributed by atoms with Crippen LogP contribution in [0, 0.1) is 12.8 Å². The minimum atomic E-state index is -1.01. The number of rotatable bonds is 5. The number of benzene rings is 1. The molecule has 0 heterocycles. The maximum atomic E-state index is 12.1. The van der Waals surface area contributed by atoms with Crippen LogP contribution in [-0.2, 0) is 4.79 Å². The van der Waals surface area contributed by atoms with Crippen molar-refractivity contribution in [3.8, 4) is 0 Å². The molecule has 5 heteroatoms. The quantitative estimate of drug-likeness (QED) is 0.873. The Kier molecular flexibility index (Phi) is 5.54. The number of carboxylic acids is 1. The molecule has 0 aromatic heterocycles. The molecule has 0 aliphatic heterocycles. The Labute approximate surface area is 121 Å². The van der Waals surface area contributed by atoms with E-state index in [9.17, 15) is 9.59 Å². The van der Waals surface area contributed by atoms with Gasteiger partial charge in [-0.05, 0) is 43.0 Å². The van der Waals surface area contributed by atoms with E-state index in [1.54, 1.807) is 12.1 Å². The van der Waals surface area contributed by atoms with E-state index in [-0.39, 0.29) is 11.8 Å². The van der Waals surface area contributed by atoms with E-state index in [2.05, 4.69) is 21.2 Å². The average Bonchev–Trinajstić information content (AvgIpc) is 2.25. The number of aryl methyl sites for hydroxylation is 1. The number of carbonyl (C=O) groups excluding carboxylic acids is 1. The van der Waals surface area contributed by atoms with Gasteiger partial charge < -0.3 is 10.4 Å². The molecule has 1 atom stereocenters. The van der Waals surface area contributed by atoms with Crippen molar-refractivity contribution in [3.05, 3.63) is 33.8 Å². The Morgan fingerprint density at radius 1 is 1.32 bits per heavy atom. The lowest BCUT2D eigenvalue weighted by atomic mass is 10.0. The molecule has 0 aliphatic carbocycles. The summed E-state index contributed by atoms with van der Waals surface area (Å²) in [4.78, 5) is 23.2. The minimum absolute atomic E-state index is 0.200. The molecule has 0 saturated heterocycles. The van der Waals surface area contributed by atoms with Crippen molar-refractivity contribution >= 4 is 27.8 Å². The first-order valence-electron chi connectivity index (χ1n) is 6.10. The number of nitrogens with one attached hydrogen (secondary N) is 1. The third-order valence-corrected chi connectivity index (χ3v) is 3.07. The molecule has 1 amide bonds. The van der Waals surface area contributed by atoms with Gasteiger partial charge in [0.1, 0.15) is 6.04 Å². The standard InChI is InChI=1S/C14H18BrNO3/c1-8(2)4-12(14(18)19)16-13(17)10-5-9(3)6-11(15)7-10/h5-8,12H,4H2,1-3H3,(H,16,17)(H,18,19)/t12-/m1/s1. The van der Waals surface area contributed by atoms with Crippen molar-refractivity contribution < 1.29 is 14.7 Å². The highest BCUT2D eigenvalue weighted by Crippen LogP contribution is 2.16. The summed E-state index contributed by atoms with van der Waals surface area (Å²) >= 11 is 3.32. The molecule has 0 aliphatic rings. The molecule has 2 N–H and O–H groups in total. The number of halogens is 1. The molecular formula is C14H18BrNO3. The van der Waals surface area contributed by atoms with Gasteiger partial charge in [0.05, 0.1) is 0 Å². The number of aliphatic carboxylic acids is 1. The SMILES string of the molecule is Cc1cc(Br)cc(C(=O)N[C@H](CC(C)C)C(=O)O)c1. The third-order valence-electron chi connectivity index (χ3n) is 2.61. The second-order valence-corrected chi connectivity index (χ2v) is 5.93. The predicted octanol–water partition coefficient (Wildman–Crippen LogP) is 2.99. The van der Waals surface area contributed by atoms with E-state index in [4.69, 9.17) is 5.11 Å². The predicted molar refractivity (Wildman–Crippen MR) is 77.2 cm³/mol. The lowest BCUT2D eigenvalue weighted by Crippen LogP contribution is -2.41. The zero-order chi connectivity index (χ0) is 14.6. The van der Waals surface area contributed by atoms with Crippen molar-refractivity contribution in [2.75, 3.05) is 0 Å². The molecule has 1 aromatic rings. The molecule has 0 fully saturated rings. The van der Waals surface area contributed by atoms with Gasteiger partial charge in [-0.25, -0.2) is 4.79 Å². The summed E-state index contributed by atoms with van der Waals surface area (Å²) in [5, 5.41) is 11.7. The summed E-state index contributed by atoms with van der Waals surface area (Å²) in [6.07, 6.45) is 0.411. The van der Waals surface area contributed by atoms with E-state index in [0.29, 0.717) is 12.0 Å². The van der Waals surface area contributed by atoms with E-state index >= 15 is 0 Å². The van der Waals surface area contributed by atoms with Gasteiger partial charge in [0, 0.05) is 10.0 Å². The van der Waals surface area contributed by atoms with Crippen molar-refractivity contribution in [1.82, 2.24) is 5.32 Å². The number of hydrogen-bond donors (Lipinski definition) is 2. The van der Waals surface area contributed by atoms with Gasteiger partial charge in [0.15, 0.2) is 0 Å². The second-order valence-electron chi connectivity index (χ2n) is 5.01. The van der Waals surface area contributed by atoms with Crippen molar-refractivity contribution in [2.45, 2.75) is 33.2 Å². The first-order chi connectivity index (χ1) is 8.79. The van der Waals surface area contributed by atoms with Gasteiger partial charge >= 0.3 is 5.97 Å². The van der Waals surface area contributed by atoms with Crippen LogP contribution in [0.25, 0.3) is 0 Å². The van der Waals surface area contributed by atoms with Gasteiger partial charge in [-0.2, -0.15) is 0 Å². The third kappa shape index (κ3) is 5.03. The molecule has 0 bridgehead atoms. The van der Waals surface area contributed by atoms with Crippen LogP contribution in [-0.4, -0.2) is 23.0 Å². The van der Waals surface area contributed by atoms with Crippen molar-refractivity contribution in [3.63, 3.8) is 0 Å². The smallest absolute Gasteiger partial charge is 0.326 e. The molecule has 104 valence electrons. The fourth-order valence-electron chi connectivity index (χ4n) is 1.80. The molecule has 1 rings (SSSR count). The maximum absolute atomic E-state index is 12.1. The van der Waals surface area contributed by atoms with Crippen LogP contribution in [0.1, 0.15) is 36.2 Å². The highest BCUT2D eigenvalue weighted by Gasteiger charge is 2.21. The Bertz CT molecular complexity index is 465. The molecule has 0 spiro atoms. The molecular weight excluding hydrogens is 310 g/mol. The first kappa shape index (κ1) is 15.7. The fourth-order valence-corrected chi connectivity index (χ4v) is 2.41. The highest BCUT2D eigenvalue weighted by atomic mass is 79.9. The maximum Gasteiger partial charge on any atom is 0.326 e. The fraction of sp³-hybridized carbons (Fsp3) is 0.429. The lowest BCUT2D eigenvalue weighted by Gasteiger charge is -2.16. The average molecular weight is 328 g/mol. The molecule has 19 heavy (non-hydrogen) atoms. The summed E-state index contributed by atoms with van der Waals surface area (Å²) < 4.78 is 0.799. The summed E-state index contributed by atoms with van der Waals surface area (Å²) in [6.45, 7) is 5.72. The Morgan fingerprint density at radius 3 is 2.42 bits per heavy atom. The van der Waals surface area contributed by atoms with Crippen LogP contribution in [0.2, 0.25) is 0 Å². The highest BCUT2D eigenvalue weighted by molar-refractivity contribution is 9.10. The Balaban J connectivity index is 2.84. The molecule has 4 nitrogen and oxygen atoms in total. The largest absolute Gasteiger partial charge is 0.480 e. The molecule has 1 aromatic carbocycles. The molecule has 0 saturated carbocycles. The van der Waals surface area contributed by atoms with E-state index < -0.39 is 12.0 Å². The topological polar surface area (TPSA) is 66.4 Å². The second kappa shape index (κ2) is 6.70. The summed E-state index contributed by atoms with van der Waals surface area (Å²) in [7, 11) is 0. The van der Waals surface area contributed by atoms with Crippen LogP contribution >= 0.6 is 15.9 Å². The monoisotopic (exact) mass is 327 g/mol. The number of amides is 1. The molecule has 0 unspecified atom stereocenters. The van der Waals surface area contributed by atoms with Gasteiger partial charge in [-0.15, -0.1) is 0 Å². The summed E-state index contributed by atoms with van der Waals surface area (Å²) in [6, 6.07) is 4.44. The summed E-state index contributed by atoms with van der Waals surface area (Å²) in [5.74, 6) is -1.17. The van der Waals surface area contributed by atoms with Crippen LogP contribution in [0.15, 0.2) is 22.7 Å². The summed E-state index contributed by atoms with van der Waals surface area (Å²) in [5.41, 5.74) is 1.40. The van der Waals surface area contributed by atoms with Crippen molar-refractivity contribution in [1.29, 1.82) is 0 Å². The van der Waals surface area contributed by atoms with Gasteiger partial charge in [-0.1, -0.05) is 29.8 Å². The van der Waals surface area contributed by atoms with Gasteiger partial charge in [0.25, 0.3) is 5.91 Å². The lowest BCUT2D eigenvalue weighted by molar-refractivity contribution is -0.139. The van der Waals surface area contributed by atoms with Crippen LogP contribution < -0.4 is 5.32 Å². The van der Waals surface area contributed by atoms with E-state index in [0.717, 1.165) is 10.0 Å². The van der Waals surface area contributed by atoms with Gasteiger partial charge in [-0.3, -0.25) is 4.79 Å². The molecule has 0 radical (unpaired) electrons. The first-order valence-corrected chi connectivity index (χ1v) is 6.89. The van der Waals surface area contributed by atoms with Gasteiger partial charge in [0.2, 0.25) is 0 Å². The zero-order valence-electron chi connectivity index (χ0n) is 11.2. The van der Waals surface area contributed by atoms with Crippen LogP contribution in [0.4, 0.5) is 0 Å². The van der Waals surface area contributed by atoms with Crippen LogP contribution in [0.3, 0.4) is 0 Å².